The monoisotopic (exact) mass is 463 g/mol. The van der Waals surface area contributed by atoms with Crippen molar-refractivity contribution >= 4 is 35.6 Å². The molecule has 3 rings (SSSR count). The van der Waals surface area contributed by atoms with Crippen LogP contribution in [0.5, 0.6) is 0 Å². The highest BCUT2D eigenvalue weighted by molar-refractivity contribution is 7.71. The van der Waals surface area contributed by atoms with Crippen LogP contribution in [-0.2, 0) is 22.7 Å². The Balaban J connectivity index is 1.67. The number of carbonyl (C=O) groups excluding carboxylic acids is 2. The summed E-state index contributed by atoms with van der Waals surface area (Å²) in [5.74, 6) is 0.882. The van der Waals surface area contributed by atoms with Crippen molar-refractivity contribution in [3.63, 3.8) is 0 Å². The number of benzene rings is 1. The highest BCUT2D eigenvalue weighted by Gasteiger charge is 2.23. The van der Waals surface area contributed by atoms with Gasteiger partial charge in [-0.2, -0.15) is 5.10 Å². The van der Waals surface area contributed by atoms with Gasteiger partial charge in [-0.25, -0.2) is 4.68 Å². The molecule has 7 nitrogen and oxygen atoms in total. The van der Waals surface area contributed by atoms with E-state index < -0.39 is 0 Å². The number of hydrogen-bond acceptors (Lipinski definition) is 4. The lowest BCUT2D eigenvalue weighted by molar-refractivity contribution is -0.132. The summed E-state index contributed by atoms with van der Waals surface area (Å²) in [6.45, 7) is 6.23. The number of nitrogens with zero attached hydrogens (tertiary/aromatic N) is 4. The average Bonchev–Trinajstić information content (AvgIpc) is 3.06. The molecule has 0 saturated carbocycles. The molecule has 1 N–H and O–H groups in total. The zero-order valence-electron chi connectivity index (χ0n) is 18.1. The fourth-order valence-corrected chi connectivity index (χ4v) is 4.27. The van der Waals surface area contributed by atoms with Crippen LogP contribution >= 0.6 is 23.8 Å². The average molecular weight is 464 g/mol. The van der Waals surface area contributed by atoms with Gasteiger partial charge in [0.1, 0.15) is 0 Å². The summed E-state index contributed by atoms with van der Waals surface area (Å²) in [5.41, 5.74) is 0.955. The second-order valence-electron chi connectivity index (χ2n) is 7.95. The minimum absolute atomic E-state index is 0.0192. The van der Waals surface area contributed by atoms with Gasteiger partial charge >= 0.3 is 0 Å². The van der Waals surface area contributed by atoms with Crippen LogP contribution in [0.15, 0.2) is 24.3 Å². The maximum atomic E-state index is 12.7. The van der Waals surface area contributed by atoms with Crippen molar-refractivity contribution in [3.05, 3.63) is 34.1 Å². The Morgan fingerprint density at radius 1 is 1.19 bits per heavy atom. The number of aryl methyl sites for hydroxylation is 1. The molecule has 0 spiro atoms. The van der Waals surface area contributed by atoms with Gasteiger partial charge in [-0.15, -0.1) is 0 Å². The normalized spacial score (nSPS) is 14.6. The van der Waals surface area contributed by atoms with Gasteiger partial charge in [0.15, 0.2) is 10.6 Å². The van der Waals surface area contributed by atoms with Crippen LogP contribution in [0, 0.1) is 4.77 Å². The lowest BCUT2D eigenvalue weighted by Gasteiger charge is -2.32. The third-order valence-electron chi connectivity index (χ3n) is 5.55. The zero-order valence-corrected chi connectivity index (χ0v) is 19.7. The lowest BCUT2D eigenvalue weighted by Crippen LogP contribution is -2.46. The first-order valence-corrected chi connectivity index (χ1v) is 11.7. The van der Waals surface area contributed by atoms with Gasteiger partial charge in [0.2, 0.25) is 11.8 Å². The van der Waals surface area contributed by atoms with E-state index in [9.17, 15) is 9.59 Å². The van der Waals surface area contributed by atoms with Gasteiger partial charge in [-0.05, 0) is 55.7 Å². The Morgan fingerprint density at radius 2 is 1.87 bits per heavy atom. The fraction of sp³-hybridized carbons (Fsp3) is 0.545. The van der Waals surface area contributed by atoms with E-state index in [-0.39, 0.29) is 17.9 Å². The molecular weight excluding hydrogens is 434 g/mol. The molecule has 0 radical (unpaired) electrons. The van der Waals surface area contributed by atoms with Crippen molar-refractivity contribution in [2.45, 2.75) is 65.1 Å². The number of aromatic nitrogens is 3. The van der Waals surface area contributed by atoms with Gasteiger partial charge in [0.25, 0.3) is 0 Å². The molecule has 31 heavy (non-hydrogen) atoms. The van der Waals surface area contributed by atoms with Crippen molar-refractivity contribution in [1.82, 2.24) is 24.6 Å². The molecule has 1 aromatic carbocycles. The standard InChI is InChI=1S/C22H30ClN5O2S/c1-3-4-12-27-21(17-5-7-18(23)8-6-17)25-28(22(27)31)15-11-20(30)26-13-9-19(10-14-26)24-16(2)29/h5-8,19H,3-4,9-15H2,1-2H3,(H,24,29). The second-order valence-corrected chi connectivity index (χ2v) is 8.75. The maximum absolute atomic E-state index is 12.7. The van der Waals surface area contributed by atoms with Crippen LogP contribution in [0.3, 0.4) is 0 Å². The number of amides is 2. The summed E-state index contributed by atoms with van der Waals surface area (Å²) in [5, 5.41) is 8.35. The van der Waals surface area contributed by atoms with Crippen LogP contribution in [-0.4, -0.2) is 50.2 Å². The minimum atomic E-state index is -0.0192. The van der Waals surface area contributed by atoms with Gasteiger partial charge in [-0.1, -0.05) is 24.9 Å². The molecule has 9 heteroatoms. The first-order valence-electron chi connectivity index (χ1n) is 10.9. The molecule has 1 aliphatic rings. The Labute approximate surface area is 193 Å². The van der Waals surface area contributed by atoms with E-state index in [0.29, 0.717) is 35.8 Å². The van der Waals surface area contributed by atoms with Crippen molar-refractivity contribution in [2.24, 2.45) is 0 Å². The first kappa shape index (κ1) is 23.5. The highest BCUT2D eigenvalue weighted by Crippen LogP contribution is 2.22. The third kappa shape index (κ3) is 6.17. The van der Waals surface area contributed by atoms with Gasteiger partial charge in [-0.3, -0.25) is 14.2 Å². The highest BCUT2D eigenvalue weighted by atomic mass is 35.5. The van der Waals surface area contributed by atoms with Crippen LogP contribution in [0.2, 0.25) is 5.02 Å². The van der Waals surface area contributed by atoms with E-state index in [2.05, 4.69) is 12.2 Å². The number of halogens is 1. The predicted octanol–water partition coefficient (Wildman–Crippen LogP) is 4.05. The third-order valence-corrected chi connectivity index (χ3v) is 6.24. The largest absolute Gasteiger partial charge is 0.353 e. The molecule has 1 saturated heterocycles. The molecule has 2 heterocycles. The Kier molecular flexibility index (Phi) is 8.26. The Morgan fingerprint density at radius 3 is 2.48 bits per heavy atom. The van der Waals surface area contributed by atoms with E-state index >= 15 is 0 Å². The lowest BCUT2D eigenvalue weighted by atomic mass is 10.0. The molecule has 1 fully saturated rings. The van der Waals surface area contributed by atoms with Gasteiger partial charge in [0.05, 0.1) is 6.54 Å². The number of rotatable bonds is 8. The zero-order chi connectivity index (χ0) is 22.4. The predicted molar refractivity (Wildman–Crippen MR) is 124 cm³/mol. The summed E-state index contributed by atoms with van der Waals surface area (Å²) in [4.78, 5) is 25.8. The Hall–Kier alpha value is -2.19. The van der Waals surface area contributed by atoms with Crippen LogP contribution in [0.4, 0.5) is 0 Å². The molecule has 2 amide bonds. The molecule has 168 valence electrons. The van der Waals surface area contributed by atoms with E-state index in [4.69, 9.17) is 28.9 Å². The van der Waals surface area contributed by atoms with E-state index in [1.807, 2.05) is 33.7 Å². The molecule has 1 aromatic heterocycles. The summed E-state index contributed by atoms with van der Waals surface area (Å²) in [6.07, 6.45) is 3.99. The second kappa shape index (κ2) is 10.9. The number of nitrogens with one attached hydrogen (secondary N) is 1. The van der Waals surface area contributed by atoms with Crippen LogP contribution in [0.1, 0.15) is 46.0 Å². The minimum Gasteiger partial charge on any atom is -0.353 e. The summed E-state index contributed by atoms with van der Waals surface area (Å²) >= 11 is 11.7. The summed E-state index contributed by atoms with van der Waals surface area (Å²) < 4.78 is 4.44. The Bertz CT molecular complexity index is 961. The molecular formula is C22H30ClN5O2S. The summed E-state index contributed by atoms with van der Waals surface area (Å²) in [7, 11) is 0. The van der Waals surface area contributed by atoms with E-state index in [1.165, 1.54) is 6.92 Å². The molecule has 0 aliphatic carbocycles. The molecule has 2 aromatic rings. The first-order chi connectivity index (χ1) is 14.9. The van der Waals surface area contributed by atoms with E-state index in [1.54, 1.807) is 4.68 Å². The molecule has 0 unspecified atom stereocenters. The van der Waals surface area contributed by atoms with Gasteiger partial charge < -0.3 is 10.2 Å². The van der Waals surface area contributed by atoms with E-state index in [0.717, 1.165) is 43.6 Å². The number of unbranched alkanes of at least 4 members (excludes halogenated alkanes) is 1. The number of carbonyl (C=O) groups is 2. The smallest absolute Gasteiger partial charge is 0.224 e. The van der Waals surface area contributed by atoms with Crippen LogP contribution in [0.25, 0.3) is 11.4 Å². The van der Waals surface area contributed by atoms with Crippen molar-refractivity contribution in [3.8, 4) is 11.4 Å². The number of piperidine rings is 1. The van der Waals surface area contributed by atoms with Gasteiger partial charge in [0, 0.05) is 49.6 Å². The number of hydrogen-bond donors (Lipinski definition) is 1. The molecule has 0 bridgehead atoms. The summed E-state index contributed by atoms with van der Waals surface area (Å²) in [6, 6.07) is 7.73. The molecule has 1 aliphatic heterocycles. The quantitative estimate of drug-likeness (QED) is 0.599. The van der Waals surface area contributed by atoms with Crippen LogP contribution < -0.4 is 5.32 Å². The van der Waals surface area contributed by atoms with Crippen molar-refractivity contribution in [2.75, 3.05) is 13.1 Å². The molecule has 0 atom stereocenters. The van der Waals surface area contributed by atoms with Crippen molar-refractivity contribution < 1.29 is 9.59 Å². The SMILES string of the molecule is CCCCn1c(-c2ccc(Cl)cc2)nn(CCC(=O)N2CCC(NC(C)=O)CC2)c1=S. The number of likely N-dealkylation sites (tertiary alicyclic amines) is 1. The van der Waals surface area contributed by atoms with Crippen molar-refractivity contribution in [1.29, 1.82) is 0 Å². The fourth-order valence-electron chi connectivity index (χ4n) is 3.84. The topological polar surface area (TPSA) is 72.2 Å². The maximum Gasteiger partial charge on any atom is 0.224 e.